The van der Waals surface area contributed by atoms with Crippen molar-refractivity contribution in [2.45, 2.75) is 75.8 Å². The van der Waals surface area contributed by atoms with E-state index in [0.29, 0.717) is 23.3 Å². The number of hydrogen-bond acceptors (Lipinski definition) is 4. The van der Waals surface area contributed by atoms with Crippen molar-refractivity contribution >= 4 is 50.2 Å². The van der Waals surface area contributed by atoms with Gasteiger partial charge >= 0.3 is 0 Å². The van der Waals surface area contributed by atoms with Gasteiger partial charge in [0.2, 0.25) is 11.8 Å². The average molecular weight is 759 g/mol. The number of amides is 2. The molecule has 6 nitrogen and oxygen atoms in total. The van der Waals surface area contributed by atoms with Gasteiger partial charge in [0.1, 0.15) is 41.3 Å². The molecule has 4 aromatic carbocycles. The topological polar surface area (TPSA) is 65.7 Å². The summed E-state index contributed by atoms with van der Waals surface area (Å²) in [4.78, 5) is 29.0. The Morgan fingerprint density at radius 3 is 1.54 bits per heavy atom. The highest BCUT2D eigenvalue weighted by atomic mass is 32.1. The lowest BCUT2D eigenvalue weighted by Crippen LogP contribution is -2.41. The second-order valence-corrected chi connectivity index (χ2v) is 14.2. The average Bonchev–Trinajstić information content (AvgIpc) is 3.98. The fourth-order valence-electron chi connectivity index (χ4n) is 7.32. The Bertz CT molecular complexity index is 2020. The van der Waals surface area contributed by atoms with Gasteiger partial charge in [-0.3, -0.25) is 19.4 Å². The molecule has 4 aliphatic heterocycles. The van der Waals surface area contributed by atoms with E-state index < -0.39 is 58.1 Å². The molecule has 0 spiro atoms. The summed E-state index contributed by atoms with van der Waals surface area (Å²) >= 11 is 0. The zero-order chi connectivity index (χ0) is 35.9. The van der Waals surface area contributed by atoms with Crippen molar-refractivity contribution in [3.05, 3.63) is 130 Å². The number of benzene rings is 4. The molecule has 276 valence electrons. The number of para-hydroxylation sites is 2. The largest absolute Gasteiger partial charge is 0.370 e. The van der Waals surface area contributed by atoms with Gasteiger partial charge in [0.05, 0.1) is 47.0 Å². The van der Waals surface area contributed by atoms with Gasteiger partial charge in [-0.2, -0.15) is 27.0 Å². The highest BCUT2D eigenvalue weighted by Gasteiger charge is 2.55. The van der Waals surface area contributed by atoms with E-state index in [-0.39, 0.29) is 68.0 Å². The zero-order valence-electron chi connectivity index (χ0n) is 29.0. The number of carbonyl (C=O) groups is 2. The Kier molecular flexibility index (Phi) is 10.7. The van der Waals surface area contributed by atoms with Crippen molar-refractivity contribution in [2.24, 2.45) is 0 Å². The number of epoxide rings is 2. The van der Waals surface area contributed by atoms with Crippen LogP contribution in [0, 0.1) is 29.1 Å². The highest BCUT2D eigenvalue weighted by molar-refractivity contribution is 7.59. The highest BCUT2D eigenvalue weighted by Crippen LogP contribution is 2.51. The molecule has 0 saturated carbocycles. The molecule has 13 heteroatoms. The molecule has 4 heterocycles. The molecule has 2 saturated heterocycles. The van der Waals surface area contributed by atoms with Crippen LogP contribution in [0.15, 0.2) is 78.9 Å². The van der Waals surface area contributed by atoms with Crippen LogP contribution in [0.25, 0.3) is 0 Å². The first kappa shape index (κ1) is 39.3. The first-order chi connectivity index (χ1) is 23.6. The van der Waals surface area contributed by atoms with Crippen LogP contribution >= 0.6 is 27.0 Å². The standard InChI is InChI=1S/C20H18F3NO2.C19H17F2NO2.2H2S/c1-10-18(26-10)16(11-7-12(21)9-13(22)8-11)24-17-14(5-4-6-15(17)23)20(2,3)19(24)25;1-19(2)13-7-4-8-14(21)17(13)22(18(19)23)16(15-10-24-15)11-5-3-6-12(20)9-11;;/h4-10,16,18H,1-3H3;3-9,15-16H,10H2,1-2H3;2*1H2/t10?,16-,18+;15-,16+;;/m01../s1. The summed E-state index contributed by atoms with van der Waals surface area (Å²) in [5.41, 5.74) is 0.705. The Labute approximate surface area is 312 Å². The maximum absolute atomic E-state index is 14.7. The molecule has 0 N–H and O–H groups in total. The zero-order valence-corrected chi connectivity index (χ0v) is 31.0. The molecular formula is C39H39F5N2O4S2. The number of ether oxygens (including phenoxy) is 2. The van der Waals surface area contributed by atoms with Crippen molar-refractivity contribution in [1.29, 1.82) is 0 Å². The normalized spacial score (nSPS) is 22.6. The molecule has 4 aliphatic rings. The number of carbonyl (C=O) groups excluding carboxylic acids is 2. The second kappa shape index (κ2) is 14.1. The van der Waals surface area contributed by atoms with E-state index in [1.807, 2.05) is 0 Å². The van der Waals surface area contributed by atoms with Gasteiger partial charge in [-0.15, -0.1) is 0 Å². The Morgan fingerprint density at radius 1 is 0.654 bits per heavy atom. The summed E-state index contributed by atoms with van der Waals surface area (Å²) in [6, 6.07) is 17.1. The number of rotatable bonds is 6. The van der Waals surface area contributed by atoms with Gasteiger partial charge in [0.25, 0.3) is 0 Å². The lowest BCUT2D eigenvalue weighted by atomic mass is 9.86. The summed E-state index contributed by atoms with van der Waals surface area (Å²) in [6.45, 7) is 9.27. The van der Waals surface area contributed by atoms with Crippen LogP contribution in [-0.4, -0.2) is 36.7 Å². The van der Waals surface area contributed by atoms with E-state index in [0.717, 1.165) is 6.07 Å². The summed E-state index contributed by atoms with van der Waals surface area (Å²) in [5.74, 6) is -3.42. The van der Waals surface area contributed by atoms with Crippen LogP contribution in [-0.2, 0) is 29.9 Å². The molecule has 0 aliphatic carbocycles. The van der Waals surface area contributed by atoms with Crippen molar-refractivity contribution in [2.75, 3.05) is 16.4 Å². The third kappa shape index (κ3) is 6.61. The number of nitrogens with zero attached hydrogens (tertiary/aromatic N) is 2. The van der Waals surface area contributed by atoms with E-state index in [9.17, 15) is 31.5 Å². The predicted octanol–water partition coefficient (Wildman–Crippen LogP) is 8.21. The Balaban J connectivity index is 0.000000194. The van der Waals surface area contributed by atoms with E-state index in [1.165, 1.54) is 46.2 Å². The molecule has 0 radical (unpaired) electrons. The molecule has 4 aromatic rings. The molecule has 2 fully saturated rings. The SMILES string of the molecule is CC1(C)C(=O)N([C@@H](c2cccc(F)c2)[C@H]2CO2)c2c(F)cccc21.CC1O[C@H]1[C@H](c1cc(F)cc(F)c1)N1C(=O)C(C)(C)c2cccc(F)c21.S.S. The van der Waals surface area contributed by atoms with Crippen molar-refractivity contribution < 1.29 is 41.0 Å². The summed E-state index contributed by atoms with van der Waals surface area (Å²) in [7, 11) is 0. The monoisotopic (exact) mass is 758 g/mol. The molecule has 0 bridgehead atoms. The van der Waals surface area contributed by atoms with Gasteiger partial charge in [-0.1, -0.05) is 36.4 Å². The lowest BCUT2D eigenvalue weighted by molar-refractivity contribution is -0.123. The number of fused-ring (bicyclic) bond motifs is 2. The molecule has 1 unspecified atom stereocenters. The summed E-state index contributed by atoms with van der Waals surface area (Å²) in [5, 5.41) is 0. The van der Waals surface area contributed by atoms with Crippen LogP contribution in [0.5, 0.6) is 0 Å². The smallest absolute Gasteiger partial charge is 0.237 e. The molecule has 8 rings (SSSR count). The van der Waals surface area contributed by atoms with Crippen LogP contribution in [0.4, 0.5) is 33.3 Å². The number of anilines is 2. The van der Waals surface area contributed by atoms with E-state index >= 15 is 0 Å². The van der Waals surface area contributed by atoms with Crippen LogP contribution in [0.1, 0.15) is 69.0 Å². The molecule has 52 heavy (non-hydrogen) atoms. The van der Waals surface area contributed by atoms with Crippen molar-refractivity contribution in [1.82, 2.24) is 0 Å². The third-order valence-corrected chi connectivity index (χ3v) is 10.1. The molecule has 5 atom stereocenters. The van der Waals surface area contributed by atoms with Gasteiger partial charge in [-0.05, 0) is 93.3 Å². The van der Waals surface area contributed by atoms with Gasteiger partial charge < -0.3 is 9.47 Å². The number of hydrogen-bond donors (Lipinski definition) is 0. The molecular weight excluding hydrogens is 720 g/mol. The lowest BCUT2D eigenvalue weighted by Gasteiger charge is -2.29. The third-order valence-electron chi connectivity index (χ3n) is 10.1. The number of halogens is 5. The molecule has 2 amide bonds. The Hall–Kier alpha value is -3.91. The predicted molar refractivity (Wildman–Crippen MR) is 197 cm³/mol. The minimum absolute atomic E-state index is 0. The van der Waals surface area contributed by atoms with Crippen LogP contribution in [0.2, 0.25) is 0 Å². The summed E-state index contributed by atoms with van der Waals surface area (Å²) < 4.78 is 81.6. The van der Waals surface area contributed by atoms with Crippen molar-refractivity contribution in [3.63, 3.8) is 0 Å². The first-order valence-corrected chi connectivity index (χ1v) is 16.4. The molecule has 0 aromatic heterocycles. The minimum Gasteiger partial charge on any atom is -0.370 e. The fraction of sp³-hybridized carbons (Fsp3) is 0.333. The van der Waals surface area contributed by atoms with Gasteiger partial charge in [0.15, 0.2) is 0 Å². The van der Waals surface area contributed by atoms with Crippen LogP contribution in [0.3, 0.4) is 0 Å². The van der Waals surface area contributed by atoms with Crippen molar-refractivity contribution in [3.8, 4) is 0 Å². The van der Waals surface area contributed by atoms with Gasteiger partial charge in [-0.25, -0.2) is 22.0 Å². The van der Waals surface area contributed by atoms with Gasteiger partial charge in [0, 0.05) is 6.07 Å². The Morgan fingerprint density at radius 2 is 1.10 bits per heavy atom. The minimum atomic E-state index is -0.945. The van der Waals surface area contributed by atoms with E-state index in [4.69, 9.17) is 9.47 Å². The van der Waals surface area contributed by atoms with E-state index in [1.54, 1.807) is 71.0 Å². The first-order valence-electron chi connectivity index (χ1n) is 16.4. The fourth-order valence-corrected chi connectivity index (χ4v) is 7.32. The summed E-state index contributed by atoms with van der Waals surface area (Å²) in [6.07, 6.45) is -0.906. The quantitative estimate of drug-likeness (QED) is 0.147. The second-order valence-electron chi connectivity index (χ2n) is 14.2. The maximum atomic E-state index is 14.7. The van der Waals surface area contributed by atoms with Crippen LogP contribution < -0.4 is 9.80 Å². The maximum Gasteiger partial charge on any atom is 0.237 e. The van der Waals surface area contributed by atoms with E-state index in [2.05, 4.69) is 0 Å².